The molecule has 6 nitrogen and oxygen atoms in total. The highest BCUT2D eigenvalue weighted by atomic mass is 127. The normalized spacial score (nSPS) is 19.8. The lowest BCUT2D eigenvalue weighted by Gasteiger charge is -2.22. The molecule has 9 heteroatoms. The number of anilines is 1. The molecule has 2 aliphatic rings. The van der Waals surface area contributed by atoms with Crippen molar-refractivity contribution < 1.29 is 22.4 Å². The molecule has 29 heavy (non-hydrogen) atoms. The number of fused-ring (bicyclic) bond motifs is 1. The van der Waals surface area contributed by atoms with Crippen LogP contribution in [0, 0.1) is 3.57 Å². The molecule has 0 unspecified atom stereocenters. The van der Waals surface area contributed by atoms with Gasteiger partial charge in [-0.15, -0.1) is 0 Å². The van der Waals surface area contributed by atoms with Gasteiger partial charge in [0, 0.05) is 10.1 Å². The summed E-state index contributed by atoms with van der Waals surface area (Å²) in [6, 6.07) is 11.0. The third-order valence-electron chi connectivity index (χ3n) is 5.34. The summed E-state index contributed by atoms with van der Waals surface area (Å²) in [5, 5.41) is 0. The van der Waals surface area contributed by atoms with E-state index in [9.17, 15) is 22.4 Å². The lowest BCUT2D eigenvalue weighted by atomic mass is 10.1. The van der Waals surface area contributed by atoms with Crippen molar-refractivity contribution in [1.29, 1.82) is 0 Å². The van der Waals surface area contributed by atoms with Crippen LogP contribution in [0.3, 0.4) is 0 Å². The summed E-state index contributed by atoms with van der Waals surface area (Å²) in [6.07, 6.45) is 1.07. The fourth-order valence-corrected chi connectivity index (χ4v) is 6.07. The number of alkyl halides is 1. The number of ketones is 1. The van der Waals surface area contributed by atoms with Crippen LogP contribution in [0.1, 0.15) is 28.8 Å². The Bertz CT molecular complexity index is 1110. The Morgan fingerprint density at radius 1 is 1.14 bits per heavy atom. The molecule has 0 aliphatic carbocycles. The molecule has 2 aromatic rings. The Hall–Kier alpha value is -1.85. The second-order valence-corrected chi connectivity index (χ2v) is 10.1. The molecule has 4 rings (SSSR count). The van der Waals surface area contributed by atoms with Gasteiger partial charge in [-0.2, -0.15) is 4.31 Å². The molecule has 0 radical (unpaired) electrons. The molecule has 0 aromatic heterocycles. The molecule has 0 bridgehead atoms. The van der Waals surface area contributed by atoms with Crippen LogP contribution >= 0.6 is 22.6 Å². The van der Waals surface area contributed by atoms with Crippen molar-refractivity contribution in [2.24, 2.45) is 0 Å². The predicted octanol–water partition coefficient (Wildman–Crippen LogP) is 3.14. The minimum absolute atomic E-state index is 0.0676. The molecule has 0 saturated carbocycles. The molecule has 0 N–H and O–H groups in total. The molecule has 1 amide bonds. The molecule has 1 fully saturated rings. The number of rotatable bonds is 5. The van der Waals surface area contributed by atoms with Gasteiger partial charge in [0.15, 0.2) is 0 Å². The minimum Gasteiger partial charge on any atom is -0.300 e. The Morgan fingerprint density at radius 2 is 1.90 bits per heavy atom. The van der Waals surface area contributed by atoms with Crippen LogP contribution in [-0.4, -0.2) is 43.7 Å². The van der Waals surface area contributed by atoms with Gasteiger partial charge in [0.05, 0.1) is 28.7 Å². The Kier molecular flexibility index (Phi) is 5.47. The van der Waals surface area contributed by atoms with Gasteiger partial charge in [-0.25, -0.2) is 12.8 Å². The van der Waals surface area contributed by atoms with E-state index in [1.807, 2.05) is 24.3 Å². The number of Topliss-reactive ketones (excluding diaryl/α,β-unsaturated/α-hetero) is 1. The zero-order valence-electron chi connectivity index (χ0n) is 15.3. The van der Waals surface area contributed by atoms with Gasteiger partial charge in [-0.3, -0.25) is 9.59 Å². The van der Waals surface area contributed by atoms with Crippen LogP contribution in [0.4, 0.5) is 10.1 Å². The van der Waals surface area contributed by atoms with E-state index in [-0.39, 0.29) is 23.5 Å². The van der Waals surface area contributed by atoms with Crippen molar-refractivity contribution in [2.75, 3.05) is 18.1 Å². The first-order valence-corrected chi connectivity index (χ1v) is 11.7. The highest BCUT2D eigenvalue weighted by Gasteiger charge is 2.39. The van der Waals surface area contributed by atoms with Crippen molar-refractivity contribution >= 4 is 50.0 Å². The lowest BCUT2D eigenvalue weighted by molar-refractivity contribution is -0.114. The summed E-state index contributed by atoms with van der Waals surface area (Å²) in [5.41, 5.74) is 1.35. The van der Waals surface area contributed by atoms with Crippen LogP contribution in [0.15, 0.2) is 47.4 Å². The number of nitrogens with zero attached hydrogens (tertiary/aromatic N) is 2. The van der Waals surface area contributed by atoms with Crippen LogP contribution in [0.2, 0.25) is 0 Å². The number of hydrogen-bond acceptors (Lipinski definition) is 4. The van der Waals surface area contributed by atoms with E-state index >= 15 is 0 Å². The van der Waals surface area contributed by atoms with E-state index < -0.39 is 34.4 Å². The van der Waals surface area contributed by atoms with Crippen molar-refractivity contribution in [3.63, 3.8) is 0 Å². The fourth-order valence-electron chi connectivity index (χ4n) is 3.81. The fraction of sp³-hybridized carbons (Fsp3) is 0.300. The predicted molar refractivity (Wildman–Crippen MR) is 114 cm³/mol. The quantitative estimate of drug-likeness (QED) is 0.442. The monoisotopic (exact) mass is 528 g/mol. The number of hydrogen-bond donors (Lipinski definition) is 0. The summed E-state index contributed by atoms with van der Waals surface area (Å²) in [5.74, 6) is -1.41. The van der Waals surface area contributed by atoms with Crippen LogP contribution in [0.5, 0.6) is 0 Å². The van der Waals surface area contributed by atoms with Crippen LogP contribution in [0.25, 0.3) is 0 Å². The average molecular weight is 528 g/mol. The molecular weight excluding hydrogens is 510 g/mol. The summed E-state index contributed by atoms with van der Waals surface area (Å²) < 4.78 is 41.2. The largest absolute Gasteiger partial charge is 0.300 e. The van der Waals surface area contributed by atoms with Gasteiger partial charge >= 0.3 is 0 Å². The number of carbonyl (C=O) groups is 2. The molecule has 0 spiro atoms. The van der Waals surface area contributed by atoms with Gasteiger partial charge in [0.25, 0.3) is 11.7 Å². The van der Waals surface area contributed by atoms with Crippen molar-refractivity contribution in [1.82, 2.24) is 4.31 Å². The first-order chi connectivity index (χ1) is 13.8. The maximum absolute atomic E-state index is 13.2. The second kappa shape index (κ2) is 7.77. The number of sulfonamides is 1. The van der Waals surface area contributed by atoms with Crippen LogP contribution in [-0.2, 0) is 21.4 Å². The average Bonchev–Trinajstić information content (AvgIpc) is 3.29. The zero-order valence-corrected chi connectivity index (χ0v) is 18.3. The molecule has 1 atom stereocenters. The molecule has 152 valence electrons. The number of benzene rings is 2. The lowest BCUT2D eigenvalue weighted by Crippen LogP contribution is -2.36. The third-order valence-corrected chi connectivity index (χ3v) is 8.34. The van der Waals surface area contributed by atoms with Crippen molar-refractivity contribution in [3.8, 4) is 0 Å². The van der Waals surface area contributed by atoms with Gasteiger partial charge < -0.3 is 4.90 Å². The standard InChI is InChI=1S/C20H18FIN2O4S/c21-11-14-5-3-9-24(14)29(27,28)15-7-8-18-16(10-15)19(25)20(26)23(18)12-13-4-1-2-6-17(13)22/h1-2,4,6-8,10,14H,3,5,9,11-12H2/t14-/m0/s1. The van der Waals surface area contributed by atoms with E-state index in [0.29, 0.717) is 18.5 Å². The van der Waals surface area contributed by atoms with E-state index in [1.165, 1.54) is 23.1 Å². The van der Waals surface area contributed by atoms with E-state index in [4.69, 9.17) is 0 Å². The highest BCUT2D eigenvalue weighted by Crippen LogP contribution is 2.35. The summed E-state index contributed by atoms with van der Waals surface area (Å²) in [6.45, 7) is -0.274. The van der Waals surface area contributed by atoms with E-state index in [2.05, 4.69) is 22.6 Å². The van der Waals surface area contributed by atoms with E-state index in [1.54, 1.807) is 0 Å². The van der Waals surface area contributed by atoms with Gasteiger partial charge in [-0.05, 0) is 65.3 Å². The minimum atomic E-state index is -3.94. The van der Waals surface area contributed by atoms with Gasteiger partial charge in [-0.1, -0.05) is 18.2 Å². The molecule has 2 heterocycles. The van der Waals surface area contributed by atoms with Crippen LogP contribution < -0.4 is 4.90 Å². The summed E-state index contributed by atoms with van der Waals surface area (Å²) >= 11 is 2.16. The third kappa shape index (κ3) is 3.49. The number of amides is 1. The SMILES string of the molecule is O=C1C(=O)N(Cc2ccccc2I)c2ccc(S(=O)(=O)N3CCC[C@H]3CF)cc21. The zero-order chi connectivity index (χ0) is 20.8. The summed E-state index contributed by atoms with van der Waals surface area (Å²) in [7, 11) is -3.94. The molecule has 2 aliphatic heterocycles. The van der Waals surface area contributed by atoms with Gasteiger partial charge in [0.2, 0.25) is 10.0 Å². The number of carbonyl (C=O) groups excluding carboxylic acids is 2. The maximum atomic E-state index is 13.2. The first-order valence-electron chi connectivity index (χ1n) is 9.16. The smallest absolute Gasteiger partial charge is 0.299 e. The van der Waals surface area contributed by atoms with E-state index in [0.717, 1.165) is 13.4 Å². The molecular formula is C20H18FIN2O4S. The molecule has 1 saturated heterocycles. The van der Waals surface area contributed by atoms with Gasteiger partial charge in [0.1, 0.15) is 6.67 Å². The van der Waals surface area contributed by atoms with Crippen molar-refractivity contribution in [2.45, 2.75) is 30.3 Å². The summed E-state index contributed by atoms with van der Waals surface area (Å²) in [4.78, 5) is 26.4. The molecule has 2 aromatic carbocycles. The Balaban J connectivity index is 1.70. The van der Waals surface area contributed by atoms with Crippen molar-refractivity contribution in [3.05, 3.63) is 57.2 Å². The first kappa shape index (κ1) is 20.4. The Labute approximate surface area is 181 Å². The second-order valence-electron chi connectivity index (χ2n) is 7.06. The maximum Gasteiger partial charge on any atom is 0.299 e. The Morgan fingerprint density at radius 3 is 2.62 bits per heavy atom. The topological polar surface area (TPSA) is 74.8 Å². The number of halogens is 2. The highest BCUT2D eigenvalue weighted by molar-refractivity contribution is 14.1.